The maximum atomic E-state index is 12.4. The Bertz CT molecular complexity index is 882. The van der Waals surface area contributed by atoms with Gasteiger partial charge in [0.05, 0.1) is 26.4 Å². The Kier molecular flexibility index (Phi) is 7.68. The summed E-state index contributed by atoms with van der Waals surface area (Å²) in [5, 5.41) is 5.88. The number of halogens is 1. The highest BCUT2D eigenvalue weighted by molar-refractivity contribution is 6.40. The molecule has 160 valence electrons. The van der Waals surface area contributed by atoms with Gasteiger partial charge < -0.3 is 20.1 Å². The van der Waals surface area contributed by atoms with Gasteiger partial charge in [0.2, 0.25) is 0 Å². The molecule has 8 heteroatoms. The molecule has 0 saturated carbocycles. The highest BCUT2D eigenvalue weighted by Gasteiger charge is 2.24. The molecular formula is C22H26ClN3O4. The Morgan fingerprint density at radius 2 is 1.83 bits per heavy atom. The van der Waals surface area contributed by atoms with E-state index in [1.54, 1.807) is 25.3 Å². The minimum absolute atomic E-state index is 0.0792. The second-order valence-electron chi connectivity index (χ2n) is 7.06. The summed E-state index contributed by atoms with van der Waals surface area (Å²) in [5.41, 5.74) is 2.37. The maximum absolute atomic E-state index is 12.4. The number of morpholine rings is 1. The topological polar surface area (TPSA) is 79.9 Å². The fraction of sp³-hybridized carbons (Fsp3) is 0.364. The Labute approximate surface area is 181 Å². The Balaban J connectivity index is 1.66. The van der Waals surface area contributed by atoms with Crippen LogP contribution in [-0.4, -0.2) is 56.7 Å². The van der Waals surface area contributed by atoms with E-state index in [1.807, 2.05) is 31.2 Å². The van der Waals surface area contributed by atoms with Crippen LogP contribution in [0, 0.1) is 6.92 Å². The predicted molar refractivity (Wildman–Crippen MR) is 116 cm³/mol. The third-order valence-electron chi connectivity index (χ3n) is 5.10. The van der Waals surface area contributed by atoms with Gasteiger partial charge in [-0.15, -0.1) is 0 Å². The summed E-state index contributed by atoms with van der Waals surface area (Å²) < 4.78 is 10.7. The lowest BCUT2D eigenvalue weighted by atomic mass is 10.0. The highest BCUT2D eigenvalue weighted by Crippen LogP contribution is 2.24. The van der Waals surface area contributed by atoms with Crippen LogP contribution in [0.15, 0.2) is 42.5 Å². The number of ether oxygens (including phenoxy) is 2. The van der Waals surface area contributed by atoms with E-state index in [0.29, 0.717) is 30.5 Å². The second-order valence-corrected chi connectivity index (χ2v) is 7.50. The van der Waals surface area contributed by atoms with Gasteiger partial charge >= 0.3 is 11.8 Å². The molecule has 0 aromatic heterocycles. The van der Waals surface area contributed by atoms with Crippen molar-refractivity contribution in [2.75, 3.05) is 45.3 Å². The van der Waals surface area contributed by atoms with Crippen molar-refractivity contribution in [1.82, 2.24) is 10.2 Å². The molecule has 0 bridgehead atoms. The molecule has 1 fully saturated rings. The molecule has 0 aliphatic carbocycles. The summed E-state index contributed by atoms with van der Waals surface area (Å²) in [4.78, 5) is 27.1. The van der Waals surface area contributed by atoms with Gasteiger partial charge in [-0.3, -0.25) is 14.5 Å². The third-order valence-corrected chi connectivity index (χ3v) is 5.33. The van der Waals surface area contributed by atoms with Crippen LogP contribution in [0.2, 0.25) is 5.02 Å². The summed E-state index contributed by atoms with van der Waals surface area (Å²) in [6, 6.07) is 12.8. The Morgan fingerprint density at radius 3 is 2.50 bits per heavy atom. The minimum Gasteiger partial charge on any atom is -0.497 e. The van der Waals surface area contributed by atoms with E-state index in [9.17, 15) is 9.59 Å². The zero-order valence-electron chi connectivity index (χ0n) is 17.1. The van der Waals surface area contributed by atoms with Crippen molar-refractivity contribution in [1.29, 1.82) is 0 Å². The number of hydrogen-bond acceptors (Lipinski definition) is 5. The molecule has 2 N–H and O–H groups in total. The minimum atomic E-state index is -0.726. The molecule has 2 amide bonds. The fourth-order valence-corrected chi connectivity index (χ4v) is 3.52. The molecule has 0 spiro atoms. The Hall–Kier alpha value is -2.61. The van der Waals surface area contributed by atoms with Crippen LogP contribution in [0.5, 0.6) is 5.75 Å². The molecule has 7 nitrogen and oxygen atoms in total. The van der Waals surface area contributed by atoms with Crippen molar-refractivity contribution in [3.63, 3.8) is 0 Å². The molecule has 1 aliphatic rings. The number of aryl methyl sites for hydroxylation is 1. The van der Waals surface area contributed by atoms with Crippen LogP contribution in [0.4, 0.5) is 5.69 Å². The molecule has 2 aromatic rings. The summed E-state index contributed by atoms with van der Waals surface area (Å²) in [7, 11) is 1.62. The van der Waals surface area contributed by atoms with Gasteiger partial charge in [0.1, 0.15) is 5.75 Å². The number of rotatable bonds is 6. The molecule has 1 heterocycles. The summed E-state index contributed by atoms with van der Waals surface area (Å²) in [6.45, 7) is 4.90. The number of nitrogens with zero attached hydrogens (tertiary/aromatic N) is 1. The van der Waals surface area contributed by atoms with Crippen LogP contribution in [0.3, 0.4) is 0 Å². The van der Waals surface area contributed by atoms with E-state index >= 15 is 0 Å². The molecular weight excluding hydrogens is 406 g/mol. The third kappa shape index (κ3) is 5.72. The standard InChI is InChI=1S/C22H26ClN3O4/c1-15-3-6-17(23)13-19(15)25-22(28)21(27)24-14-20(26-9-11-30-12-10-26)16-4-7-18(29-2)8-5-16/h3-8,13,20H,9-12,14H2,1-2H3,(H,24,27)(H,25,28). The number of carbonyl (C=O) groups excluding carboxylic acids is 2. The van der Waals surface area contributed by atoms with Crippen molar-refractivity contribution in [3.05, 3.63) is 58.6 Å². The monoisotopic (exact) mass is 431 g/mol. The first-order valence-electron chi connectivity index (χ1n) is 9.79. The van der Waals surface area contributed by atoms with Gasteiger partial charge in [-0.1, -0.05) is 29.8 Å². The highest BCUT2D eigenvalue weighted by atomic mass is 35.5. The molecule has 0 radical (unpaired) electrons. The molecule has 1 saturated heterocycles. The lowest BCUT2D eigenvalue weighted by molar-refractivity contribution is -0.136. The maximum Gasteiger partial charge on any atom is 0.313 e. The first-order chi connectivity index (χ1) is 14.5. The summed E-state index contributed by atoms with van der Waals surface area (Å²) in [6.07, 6.45) is 0. The zero-order valence-corrected chi connectivity index (χ0v) is 17.9. The predicted octanol–water partition coefficient (Wildman–Crippen LogP) is 2.79. The molecule has 1 unspecified atom stereocenters. The number of benzene rings is 2. The number of nitrogens with one attached hydrogen (secondary N) is 2. The van der Waals surface area contributed by atoms with Crippen LogP contribution in [-0.2, 0) is 14.3 Å². The average molecular weight is 432 g/mol. The van der Waals surface area contributed by atoms with Crippen LogP contribution in [0.25, 0.3) is 0 Å². The van der Waals surface area contributed by atoms with E-state index in [-0.39, 0.29) is 6.04 Å². The number of anilines is 1. The average Bonchev–Trinajstić information content (AvgIpc) is 2.77. The number of amides is 2. The van der Waals surface area contributed by atoms with Crippen LogP contribution >= 0.6 is 11.6 Å². The smallest absolute Gasteiger partial charge is 0.313 e. The largest absolute Gasteiger partial charge is 0.497 e. The van der Waals surface area contributed by atoms with Gasteiger partial charge in [-0.25, -0.2) is 0 Å². The first kappa shape index (κ1) is 22.1. The molecule has 3 rings (SSSR count). The van der Waals surface area contributed by atoms with Crippen molar-refractivity contribution in [2.45, 2.75) is 13.0 Å². The van der Waals surface area contributed by atoms with E-state index in [4.69, 9.17) is 21.1 Å². The summed E-state index contributed by atoms with van der Waals surface area (Å²) >= 11 is 5.98. The first-order valence-corrected chi connectivity index (χ1v) is 10.2. The van der Waals surface area contributed by atoms with E-state index in [1.165, 1.54) is 0 Å². The lowest BCUT2D eigenvalue weighted by Gasteiger charge is -2.35. The number of carbonyl (C=O) groups is 2. The fourth-order valence-electron chi connectivity index (χ4n) is 3.35. The number of hydrogen-bond donors (Lipinski definition) is 2. The van der Waals surface area contributed by atoms with Crippen molar-refractivity contribution >= 4 is 29.1 Å². The molecule has 1 atom stereocenters. The molecule has 2 aromatic carbocycles. The SMILES string of the molecule is COc1ccc(C(CNC(=O)C(=O)Nc2cc(Cl)ccc2C)N2CCOCC2)cc1. The van der Waals surface area contributed by atoms with Gasteiger partial charge in [0.15, 0.2) is 0 Å². The van der Waals surface area contributed by atoms with Gasteiger partial charge in [-0.05, 0) is 42.3 Å². The van der Waals surface area contributed by atoms with Gasteiger partial charge in [-0.2, -0.15) is 0 Å². The van der Waals surface area contributed by atoms with Crippen molar-refractivity contribution in [3.8, 4) is 5.75 Å². The van der Waals surface area contributed by atoms with E-state index in [2.05, 4.69) is 15.5 Å². The summed E-state index contributed by atoms with van der Waals surface area (Å²) in [5.74, 6) is -0.656. The molecule has 1 aliphatic heterocycles. The van der Waals surface area contributed by atoms with E-state index in [0.717, 1.165) is 30.0 Å². The van der Waals surface area contributed by atoms with Crippen LogP contribution in [0.1, 0.15) is 17.2 Å². The number of methoxy groups -OCH3 is 1. The van der Waals surface area contributed by atoms with Crippen molar-refractivity contribution < 1.29 is 19.1 Å². The van der Waals surface area contributed by atoms with Gasteiger partial charge in [0, 0.05) is 30.3 Å². The quantitative estimate of drug-likeness (QED) is 0.687. The van der Waals surface area contributed by atoms with Crippen molar-refractivity contribution in [2.24, 2.45) is 0 Å². The normalized spacial score (nSPS) is 15.3. The Morgan fingerprint density at radius 1 is 1.13 bits per heavy atom. The van der Waals surface area contributed by atoms with E-state index < -0.39 is 11.8 Å². The van der Waals surface area contributed by atoms with Crippen LogP contribution < -0.4 is 15.4 Å². The van der Waals surface area contributed by atoms with Gasteiger partial charge in [0.25, 0.3) is 0 Å². The lowest BCUT2D eigenvalue weighted by Crippen LogP contribution is -2.45. The molecule has 30 heavy (non-hydrogen) atoms. The second kappa shape index (κ2) is 10.4. The zero-order chi connectivity index (χ0) is 21.5.